The summed E-state index contributed by atoms with van der Waals surface area (Å²) >= 11 is 0. The van der Waals surface area contributed by atoms with Gasteiger partial charge in [0.2, 0.25) is 5.91 Å². The van der Waals surface area contributed by atoms with Gasteiger partial charge in [0.15, 0.2) is 0 Å². The molecule has 0 fully saturated rings. The summed E-state index contributed by atoms with van der Waals surface area (Å²) in [6.07, 6.45) is 7.17. The standard InChI is InChI=1S/C25H20N6O2/c1-3-13-33-19-11-9-17(10-12-19)20-14-22(32)28-24-23(20)16(2)30-31(24)25-27-21(15-26-29-25)18-7-5-4-6-8-18/h1,4-12,15,20H,13-14H2,2H3,(H,28,32)/t20-/m1/s1. The highest BCUT2D eigenvalue weighted by Gasteiger charge is 2.33. The molecule has 2 aromatic heterocycles. The summed E-state index contributed by atoms with van der Waals surface area (Å²) < 4.78 is 7.02. The molecule has 1 amide bonds. The first-order chi connectivity index (χ1) is 16.1. The first-order valence-corrected chi connectivity index (χ1v) is 10.4. The number of amides is 1. The topological polar surface area (TPSA) is 94.8 Å². The first kappa shape index (κ1) is 20.4. The summed E-state index contributed by atoms with van der Waals surface area (Å²) in [5.41, 5.74) is 4.29. The second kappa shape index (κ2) is 8.55. The van der Waals surface area contributed by atoms with E-state index in [0.717, 1.165) is 22.4 Å². The fourth-order valence-corrected chi connectivity index (χ4v) is 4.03. The molecule has 0 radical (unpaired) electrons. The quantitative estimate of drug-likeness (QED) is 0.481. The third-order valence-corrected chi connectivity index (χ3v) is 5.51. The highest BCUT2D eigenvalue weighted by atomic mass is 16.5. The lowest BCUT2D eigenvalue weighted by atomic mass is 9.86. The summed E-state index contributed by atoms with van der Waals surface area (Å²) in [7, 11) is 0. The summed E-state index contributed by atoms with van der Waals surface area (Å²) in [4.78, 5) is 17.3. The van der Waals surface area contributed by atoms with E-state index in [0.29, 0.717) is 29.6 Å². The van der Waals surface area contributed by atoms with Gasteiger partial charge in [-0.25, -0.2) is 4.98 Å². The molecule has 2 aromatic carbocycles. The molecule has 0 saturated carbocycles. The van der Waals surface area contributed by atoms with Gasteiger partial charge >= 0.3 is 0 Å². The number of aryl methyl sites for hydroxylation is 1. The molecule has 0 aliphatic carbocycles. The van der Waals surface area contributed by atoms with Crippen LogP contribution in [0.1, 0.15) is 29.2 Å². The number of nitrogens with zero attached hydrogens (tertiary/aromatic N) is 5. The number of carbonyl (C=O) groups excluding carboxylic acids is 1. The number of hydrogen-bond acceptors (Lipinski definition) is 6. The second-order valence-corrected chi connectivity index (χ2v) is 7.63. The van der Waals surface area contributed by atoms with Gasteiger partial charge in [0, 0.05) is 23.5 Å². The van der Waals surface area contributed by atoms with Crippen molar-refractivity contribution in [3.8, 4) is 35.3 Å². The Kier molecular flexibility index (Phi) is 5.29. The van der Waals surface area contributed by atoms with Crippen LogP contribution >= 0.6 is 0 Å². The van der Waals surface area contributed by atoms with E-state index in [9.17, 15) is 4.79 Å². The minimum absolute atomic E-state index is 0.103. The van der Waals surface area contributed by atoms with Gasteiger partial charge in [-0.05, 0) is 24.6 Å². The summed E-state index contributed by atoms with van der Waals surface area (Å²) in [6, 6.07) is 17.3. The van der Waals surface area contributed by atoms with Gasteiger partial charge in [-0.2, -0.15) is 14.9 Å². The number of carbonyl (C=O) groups is 1. The zero-order valence-electron chi connectivity index (χ0n) is 17.9. The summed E-state index contributed by atoms with van der Waals surface area (Å²) in [5.74, 6) is 3.73. The van der Waals surface area contributed by atoms with Gasteiger partial charge in [-0.15, -0.1) is 11.5 Å². The molecule has 162 valence electrons. The maximum absolute atomic E-state index is 12.6. The van der Waals surface area contributed by atoms with Gasteiger partial charge in [0.05, 0.1) is 17.6 Å². The van der Waals surface area contributed by atoms with Crippen molar-refractivity contribution in [1.29, 1.82) is 0 Å². The van der Waals surface area contributed by atoms with E-state index in [1.54, 1.807) is 10.9 Å². The van der Waals surface area contributed by atoms with Crippen molar-refractivity contribution in [3.63, 3.8) is 0 Å². The van der Waals surface area contributed by atoms with Crippen LogP contribution in [0, 0.1) is 19.3 Å². The van der Waals surface area contributed by atoms with Crippen molar-refractivity contribution < 1.29 is 9.53 Å². The van der Waals surface area contributed by atoms with Crippen LogP contribution in [0.25, 0.3) is 17.2 Å². The number of anilines is 1. The Balaban J connectivity index is 1.54. The van der Waals surface area contributed by atoms with E-state index < -0.39 is 0 Å². The lowest BCUT2D eigenvalue weighted by Crippen LogP contribution is -2.25. The second-order valence-electron chi connectivity index (χ2n) is 7.63. The van der Waals surface area contributed by atoms with E-state index in [1.165, 1.54) is 0 Å². The van der Waals surface area contributed by atoms with E-state index in [-0.39, 0.29) is 18.4 Å². The minimum Gasteiger partial charge on any atom is -0.481 e. The molecular weight excluding hydrogens is 416 g/mol. The number of terminal acetylenes is 1. The van der Waals surface area contributed by atoms with E-state index in [1.807, 2.05) is 61.5 Å². The Labute approximate surface area is 190 Å². The molecule has 0 unspecified atom stereocenters. The number of aromatic nitrogens is 5. The van der Waals surface area contributed by atoms with Crippen LogP contribution in [0.2, 0.25) is 0 Å². The van der Waals surface area contributed by atoms with Gasteiger partial charge in [0.25, 0.3) is 5.95 Å². The smallest absolute Gasteiger partial charge is 0.272 e. The number of nitrogens with one attached hydrogen (secondary N) is 1. The van der Waals surface area contributed by atoms with Crippen LogP contribution in [0.4, 0.5) is 5.82 Å². The predicted octanol–water partition coefficient (Wildman–Crippen LogP) is 3.52. The number of benzene rings is 2. The Bertz CT molecular complexity index is 1360. The fourth-order valence-electron chi connectivity index (χ4n) is 4.03. The average Bonchev–Trinajstić information content (AvgIpc) is 3.19. The highest BCUT2D eigenvalue weighted by Crippen LogP contribution is 2.40. The molecule has 33 heavy (non-hydrogen) atoms. The number of fused-ring (bicyclic) bond motifs is 1. The van der Waals surface area contributed by atoms with Crippen LogP contribution in [0.3, 0.4) is 0 Å². The molecule has 4 aromatic rings. The Hall–Kier alpha value is -4.51. The molecular formula is C25H20N6O2. The molecule has 1 aliphatic rings. The molecule has 1 atom stereocenters. The zero-order chi connectivity index (χ0) is 22.8. The third-order valence-electron chi connectivity index (χ3n) is 5.51. The molecule has 0 saturated heterocycles. The van der Waals surface area contributed by atoms with Crippen molar-refractivity contribution in [3.05, 3.63) is 77.6 Å². The predicted molar refractivity (Wildman–Crippen MR) is 123 cm³/mol. The molecule has 5 rings (SSSR count). The Morgan fingerprint density at radius 2 is 1.97 bits per heavy atom. The zero-order valence-corrected chi connectivity index (χ0v) is 17.9. The van der Waals surface area contributed by atoms with Crippen molar-refractivity contribution in [1.82, 2.24) is 25.0 Å². The lowest BCUT2D eigenvalue weighted by molar-refractivity contribution is -0.116. The molecule has 1 aliphatic heterocycles. The fraction of sp³-hybridized carbons (Fsp3) is 0.160. The summed E-state index contributed by atoms with van der Waals surface area (Å²) in [5, 5.41) is 15.9. The lowest BCUT2D eigenvalue weighted by Gasteiger charge is -2.24. The maximum Gasteiger partial charge on any atom is 0.272 e. The Morgan fingerprint density at radius 1 is 1.18 bits per heavy atom. The van der Waals surface area contributed by atoms with Crippen LogP contribution < -0.4 is 10.1 Å². The SMILES string of the molecule is C#CCOc1ccc([C@H]2CC(=O)Nc3c2c(C)nn3-c2nncc(-c3ccccc3)n2)cc1. The average molecular weight is 436 g/mol. The number of hydrogen-bond donors (Lipinski definition) is 1. The molecule has 3 heterocycles. The van der Waals surface area contributed by atoms with Crippen LogP contribution in [-0.4, -0.2) is 37.5 Å². The van der Waals surface area contributed by atoms with E-state index >= 15 is 0 Å². The van der Waals surface area contributed by atoms with Gasteiger partial charge in [-0.1, -0.05) is 48.4 Å². The van der Waals surface area contributed by atoms with Crippen molar-refractivity contribution in [2.24, 2.45) is 0 Å². The van der Waals surface area contributed by atoms with Crippen molar-refractivity contribution in [2.75, 3.05) is 11.9 Å². The third kappa shape index (κ3) is 3.92. The highest BCUT2D eigenvalue weighted by molar-refractivity contribution is 5.95. The molecule has 8 nitrogen and oxygen atoms in total. The minimum atomic E-state index is -0.158. The first-order valence-electron chi connectivity index (χ1n) is 10.4. The van der Waals surface area contributed by atoms with Crippen LogP contribution in [0.15, 0.2) is 60.8 Å². The summed E-state index contributed by atoms with van der Waals surface area (Å²) in [6.45, 7) is 2.12. The maximum atomic E-state index is 12.6. The molecule has 8 heteroatoms. The Morgan fingerprint density at radius 3 is 2.73 bits per heavy atom. The monoisotopic (exact) mass is 436 g/mol. The van der Waals surface area contributed by atoms with Gasteiger partial charge in [0.1, 0.15) is 18.2 Å². The van der Waals surface area contributed by atoms with Gasteiger partial charge in [-0.3, -0.25) is 4.79 Å². The largest absolute Gasteiger partial charge is 0.481 e. The number of rotatable bonds is 5. The van der Waals surface area contributed by atoms with Crippen LogP contribution in [-0.2, 0) is 4.79 Å². The molecule has 0 spiro atoms. The van der Waals surface area contributed by atoms with E-state index in [2.05, 4.69) is 31.5 Å². The van der Waals surface area contributed by atoms with Crippen molar-refractivity contribution in [2.45, 2.75) is 19.3 Å². The van der Waals surface area contributed by atoms with Gasteiger partial charge < -0.3 is 10.1 Å². The van der Waals surface area contributed by atoms with Crippen molar-refractivity contribution >= 4 is 11.7 Å². The normalized spacial score (nSPS) is 14.8. The molecule has 1 N–H and O–H groups in total. The molecule has 0 bridgehead atoms. The van der Waals surface area contributed by atoms with E-state index in [4.69, 9.17) is 11.2 Å². The van der Waals surface area contributed by atoms with Crippen LogP contribution in [0.5, 0.6) is 5.75 Å². The number of ether oxygens (including phenoxy) is 1.